The zero-order valence-corrected chi connectivity index (χ0v) is 10.3. The Morgan fingerprint density at radius 2 is 2.41 bits per heavy atom. The predicted molar refractivity (Wildman–Crippen MR) is 66.8 cm³/mol. The molecule has 1 saturated heterocycles. The van der Waals surface area contributed by atoms with Gasteiger partial charge >= 0.3 is 0 Å². The highest BCUT2D eigenvalue weighted by atomic mass is 16.5. The van der Waals surface area contributed by atoms with Crippen LogP contribution in [0.15, 0.2) is 6.20 Å². The van der Waals surface area contributed by atoms with Crippen LogP contribution < -0.4 is 16.2 Å². The third kappa shape index (κ3) is 2.83. The summed E-state index contributed by atoms with van der Waals surface area (Å²) < 4.78 is 5.63. The van der Waals surface area contributed by atoms with Crippen molar-refractivity contribution in [3.05, 3.63) is 11.8 Å². The number of nitrogens with one attached hydrogen (secondary N) is 1. The molecule has 1 aliphatic rings. The number of anilines is 2. The zero-order chi connectivity index (χ0) is 12.3. The van der Waals surface area contributed by atoms with E-state index >= 15 is 0 Å². The van der Waals surface area contributed by atoms with Gasteiger partial charge in [0, 0.05) is 31.5 Å². The highest BCUT2D eigenvalue weighted by Gasteiger charge is 2.18. The van der Waals surface area contributed by atoms with E-state index in [0.717, 1.165) is 37.5 Å². The number of ether oxygens (including phenoxy) is 1. The summed E-state index contributed by atoms with van der Waals surface area (Å²) in [6.07, 6.45) is 3.02. The Hall–Kier alpha value is -1.40. The summed E-state index contributed by atoms with van der Waals surface area (Å²) >= 11 is 0. The first-order chi connectivity index (χ1) is 8.20. The second-order valence-electron chi connectivity index (χ2n) is 4.33. The zero-order valence-electron chi connectivity index (χ0n) is 10.3. The van der Waals surface area contributed by atoms with Crippen molar-refractivity contribution in [2.45, 2.75) is 26.4 Å². The minimum absolute atomic E-state index is 0.223. The van der Waals surface area contributed by atoms with Crippen molar-refractivity contribution < 1.29 is 4.74 Å². The number of aromatic nitrogens is 2. The number of hydrazine groups is 1. The van der Waals surface area contributed by atoms with Gasteiger partial charge in [0.05, 0.1) is 6.10 Å². The van der Waals surface area contributed by atoms with Crippen LogP contribution in [0.4, 0.5) is 11.8 Å². The molecule has 0 bridgehead atoms. The van der Waals surface area contributed by atoms with E-state index in [2.05, 4.69) is 27.2 Å². The average molecular weight is 237 g/mol. The lowest BCUT2D eigenvalue weighted by Crippen LogP contribution is -2.31. The van der Waals surface area contributed by atoms with Crippen LogP contribution in [0.1, 0.15) is 18.9 Å². The maximum Gasteiger partial charge on any atom is 0.239 e. The highest BCUT2D eigenvalue weighted by Crippen LogP contribution is 2.20. The first kappa shape index (κ1) is 12.1. The number of nitrogens with two attached hydrogens (primary N) is 1. The molecule has 94 valence electrons. The van der Waals surface area contributed by atoms with E-state index in [1.54, 1.807) is 6.20 Å². The summed E-state index contributed by atoms with van der Waals surface area (Å²) in [6, 6.07) is 0. The smallest absolute Gasteiger partial charge is 0.239 e. The minimum Gasteiger partial charge on any atom is -0.377 e. The molecule has 0 radical (unpaired) electrons. The summed E-state index contributed by atoms with van der Waals surface area (Å²) in [5.41, 5.74) is 3.53. The van der Waals surface area contributed by atoms with Gasteiger partial charge in [-0.2, -0.15) is 4.98 Å². The third-order valence-corrected chi connectivity index (χ3v) is 2.83. The first-order valence-electron chi connectivity index (χ1n) is 5.87. The Morgan fingerprint density at radius 3 is 3.18 bits per heavy atom. The molecule has 6 heteroatoms. The maximum atomic E-state index is 5.63. The SMILES string of the molecule is Cc1cnc(NN)nc1N1CCCOC(C)C1. The van der Waals surface area contributed by atoms with Gasteiger partial charge in [-0.3, -0.25) is 5.43 Å². The topological polar surface area (TPSA) is 76.3 Å². The van der Waals surface area contributed by atoms with Gasteiger partial charge in [-0.25, -0.2) is 10.8 Å². The van der Waals surface area contributed by atoms with Crippen LogP contribution in [0.5, 0.6) is 0 Å². The molecule has 1 unspecified atom stereocenters. The molecule has 0 aromatic carbocycles. The fourth-order valence-corrected chi connectivity index (χ4v) is 2.01. The Labute approximate surface area is 101 Å². The molecule has 0 spiro atoms. The van der Waals surface area contributed by atoms with Crippen molar-refractivity contribution in [3.8, 4) is 0 Å². The molecule has 17 heavy (non-hydrogen) atoms. The molecule has 0 aliphatic carbocycles. The molecule has 2 rings (SSSR count). The van der Waals surface area contributed by atoms with Gasteiger partial charge in [-0.05, 0) is 20.3 Å². The number of hydrogen-bond acceptors (Lipinski definition) is 6. The van der Waals surface area contributed by atoms with Gasteiger partial charge in [0.2, 0.25) is 5.95 Å². The molecule has 1 aromatic heterocycles. The van der Waals surface area contributed by atoms with Crippen LogP contribution in [0.25, 0.3) is 0 Å². The summed E-state index contributed by atoms with van der Waals surface area (Å²) in [6.45, 7) is 6.70. The summed E-state index contributed by atoms with van der Waals surface area (Å²) in [5, 5.41) is 0. The second kappa shape index (κ2) is 5.29. The molecule has 1 aromatic rings. The Bertz CT molecular complexity index is 384. The quantitative estimate of drug-likeness (QED) is 0.582. The number of nitrogens with zero attached hydrogens (tertiary/aromatic N) is 3. The molecule has 2 heterocycles. The van der Waals surface area contributed by atoms with E-state index < -0.39 is 0 Å². The normalized spacial score (nSPS) is 21.1. The molecular formula is C11H19N5O. The molecule has 1 aliphatic heterocycles. The summed E-state index contributed by atoms with van der Waals surface area (Å²) in [4.78, 5) is 10.7. The number of nitrogen functional groups attached to an aromatic ring is 1. The standard InChI is InChI=1S/C11H19N5O/c1-8-6-13-11(15-12)14-10(8)16-4-3-5-17-9(2)7-16/h6,9H,3-5,7,12H2,1-2H3,(H,13,14,15). The van der Waals surface area contributed by atoms with E-state index in [1.165, 1.54) is 0 Å². The van der Waals surface area contributed by atoms with E-state index in [-0.39, 0.29) is 6.10 Å². The molecule has 3 N–H and O–H groups in total. The van der Waals surface area contributed by atoms with Gasteiger partial charge in [0.1, 0.15) is 5.82 Å². The van der Waals surface area contributed by atoms with E-state index in [1.807, 2.05) is 6.92 Å². The van der Waals surface area contributed by atoms with Crippen molar-refractivity contribution in [2.75, 3.05) is 30.0 Å². The lowest BCUT2D eigenvalue weighted by Gasteiger charge is -2.24. The second-order valence-corrected chi connectivity index (χ2v) is 4.33. The molecule has 1 atom stereocenters. The van der Waals surface area contributed by atoms with E-state index in [9.17, 15) is 0 Å². The lowest BCUT2D eigenvalue weighted by atomic mass is 10.3. The minimum atomic E-state index is 0.223. The number of hydrogen-bond donors (Lipinski definition) is 2. The fourth-order valence-electron chi connectivity index (χ4n) is 2.01. The van der Waals surface area contributed by atoms with Crippen LogP contribution >= 0.6 is 0 Å². The Kier molecular flexibility index (Phi) is 3.75. The van der Waals surface area contributed by atoms with Crippen molar-refractivity contribution in [3.63, 3.8) is 0 Å². The van der Waals surface area contributed by atoms with Crippen LogP contribution in [0.3, 0.4) is 0 Å². The van der Waals surface area contributed by atoms with E-state index in [0.29, 0.717) is 5.95 Å². The number of rotatable bonds is 2. The van der Waals surface area contributed by atoms with Crippen molar-refractivity contribution in [1.29, 1.82) is 0 Å². The van der Waals surface area contributed by atoms with Gasteiger partial charge in [-0.1, -0.05) is 0 Å². The maximum absolute atomic E-state index is 5.63. The average Bonchev–Trinajstić information content (AvgIpc) is 2.54. The van der Waals surface area contributed by atoms with Crippen molar-refractivity contribution >= 4 is 11.8 Å². The van der Waals surface area contributed by atoms with Crippen molar-refractivity contribution in [2.24, 2.45) is 5.84 Å². The lowest BCUT2D eigenvalue weighted by molar-refractivity contribution is 0.0820. The van der Waals surface area contributed by atoms with Crippen LogP contribution in [0.2, 0.25) is 0 Å². The largest absolute Gasteiger partial charge is 0.377 e. The highest BCUT2D eigenvalue weighted by molar-refractivity contribution is 5.48. The Balaban J connectivity index is 2.24. The van der Waals surface area contributed by atoms with Crippen LogP contribution in [-0.2, 0) is 4.74 Å². The number of aryl methyl sites for hydroxylation is 1. The monoisotopic (exact) mass is 237 g/mol. The van der Waals surface area contributed by atoms with Crippen LogP contribution in [-0.4, -0.2) is 35.8 Å². The fraction of sp³-hybridized carbons (Fsp3) is 0.636. The summed E-state index contributed by atoms with van der Waals surface area (Å²) in [7, 11) is 0. The van der Waals surface area contributed by atoms with Gasteiger partial charge in [0.25, 0.3) is 0 Å². The molecule has 6 nitrogen and oxygen atoms in total. The van der Waals surface area contributed by atoms with Crippen LogP contribution in [0, 0.1) is 6.92 Å². The third-order valence-electron chi connectivity index (χ3n) is 2.83. The van der Waals surface area contributed by atoms with Gasteiger partial charge in [0.15, 0.2) is 0 Å². The molecule has 0 amide bonds. The Morgan fingerprint density at radius 1 is 1.59 bits per heavy atom. The molecule has 1 fully saturated rings. The van der Waals surface area contributed by atoms with Gasteiger partial charge in [-0.15, -0.1) is 0 Å². The first-order valence-corrected chi connectivity index (χ1v) is 5.87. The molecular weight excluding hydrogens is 218 g/mol. The van der Waals surface area contributed by atoms with Crippen molar-refractivity contribution in [1.82, 2.24) is 9.97 Å². The molecule has 0 saturated carbocycles. The van der Waals surface area contributed by atoms with E-state index in [4.69, 9.17) is 10.6 Å². The van der Waals surface area contributed by atoms with Gasteiger partial charge < -0.3 is 9.64 Å². The summed E-state index contributed by atoms with van der Waals surface area (Å²) in [5.74, 6) is 6.72. The predicted octanol–water partition coefficient (Wildman–Crippen LogP) is 0.686.